The summed E-state index contributed by atoms with van der Waals surface area (Å²) < 4.78 is 0. The Morgan fingerprint density at radius 1 is 0.884 bits per heavy atom. The molecule has 224 valence electrons. The van der Waals surface area contributed by atoms with Crippen LogP contribution in [0.4, 0.5) is 23.0 Å². The molecule has 3 fully saturated rings. The van der Waals surface area contributed by atoms with Crippen molar-refractivity contribution in [1.29, 1.82) is 0 Å². The second-order valence-corrected chi connectivity index (χ2v) is 11.6. The molecule has 1 aromatic heterocycles. The van der Waals surface area contributed by atoms with E-state index in [0.717, 1.165) is 43.9 Å². The molecule has 6 rings (SSSR count). The first kappa shape index (κ1) is 28.4. The first-order valence-electron chi connectivity index (χ1n) is 15.0. The summed E-state index contributed by atoms with van der Waals surface area (Å²) in [4.78, 5) is 52.1. The topological polar surface area (TPSA) is 137 Å². The van der Waals surface area contributed by atoms with Crippen molar-refractivity contribution in [2.24, 2.45) is 5.73 Å². The maximum Gasteiger partial charge on any atom is 0.271 e. The molecule has 0 bridgehead atoms. The largest absolute Gasteiger partial charge is 0.368 e. The number of hydrogen-bond acceptors (Lipinski definition) is 8. The average Bonchev–Trinajstić information content (AvgIpc) is 3.87. The molecular formula is C32H38N8O3. The van der Waals surface area contributed by atoms with Crippen molar-refractivity contribution < 1.29 is 14.4 Å². The smallest absolute Gasteiger partial charge is 0.271 e. The van der Waals surface area contributed by atoms with Crippen LogP contribution in [-0.4, -0.2) is 77.9 Å². The van der Waals surface area contributed by atoms with E-state index in [1.54, 1.807) is 13.1 Å². The van der Waals surface area contributed by atoms with Crippen LogP contribution in [0.15, 0.2) is 54.7 Å². The van der Waals surface area contributed by atoms with E-state index in [2.05, 4.69) is 37.6 Å². The molecule has 0 radical (unpaired) electrons. The van der Waals surface area contributed by atoms with Gasteiger partial charge in [0.2, 0.25) is 5.91 Å². The number of carbonyl (C=O) groups is 3. The molecular weight excluding hydrogens is 544 g/mol. The van der Waals surface area contributed by atoms with Crippen molar-refractivity contribution in [3.8, 4) is 0 Å². The summed E-state index contributed by atoms with van der Waals surface area (Å²) in [7, 11) is 0. The SMILES string of the molecule is CC(=O)N1CCN(c2ccc(Nc3nc(N4CCC[C@@H](NC(=O)c5ccc(C6CC6)cc5)C4)cnc3C(N)=O)cc2)CC1. The van der Waals surface area contributed by atoms with E-state index in [-0.39, 0.29) is 29.4 Å². The van der Waals surface area contributed by atoms with Crippen LogP contribution in [0.25, 0.3) is 0 Å². The lowest BCUT2D eigenvalue weighted by molar-refractivity contribution is -0.129. The van der Waals surface area contributed by atoms with Crippen molar-refractivity contribution in [3.63, 3.8) is 0 Å². The highest BCUT2D eigenvalue weighted by molar-refractivity contribution is 5.96. The van der Waals surface area contributed by atoms with Crippen LogP contribution in [0.3, 0.4) is 0 Å². The number of nitrogens with one attached hydrogen (secondary N) is 2. The van der Waals surface area contributed by atoms with Crippen molar-refractivity contribution in [2.45, 2.75) is 44.6 Å². The molecule has 2 aromatic carbocycles. The highest BCUT2D eigenvalue weighted by Gasteiger charge is 2.26. The van der Waals surface area contributed by atoms with Gasteiger partial charge in [-0.2, -0.15) is 0 Å². The van der Waals surface area contributed by atoms with E-state index in [1.165, 1.54) is 18.4 Å². The summed E-state index contributed by atoms with van der Waals surface area (Å²) in [6.07, 6.45) is 5.79. The minimum atomic E-state index is -0.669. The number of primary amides is 1. The Balaban J connectivity index is 1.11. The second kappa shape index (κ2) is 12.3. The van der Waals surface area contributed by atoms with Gasteiger partial charge in [0.05, 0.1) is 6.20 Å². The van der Waals surface area contributed by atoms with E-state index in [1.807, 2.05) is 41.3 Å². The summed E-state index contributed by atoms with van der Waals surface area (Å²) in [5.74, 6) is 0.918. The second-order valence-electron chi connectivity index (χ2n) is 11.6. The zero-order chi connectivity index (χ0) is 29.9. The number of piperidine rings is 1. The molecule has 43 heavy (non-hydrogen) atoms. The maximum atomic E-state index is 13.0. The number of hydrogen-bond donors (Lipinski definition) is 3. The fourth-order valence-corrected chi connectivity index (χ4v) is 5.87. The zero-order valence-corrected chi connectivity index (χ0v) is 24.5. The number of piperazine rings is 1. The van der Waals surface area contributed by atoms with Crippen molar-refractivity contribution in [1.82, 2.24) is 20.2 Å². The molecule has 2 aliphatic heterocycles. The number of aromatic nitrogens is 2. The van der Waals surface area contributed by atoms with Gasteiger partial charge in [-0.05, 0) is 73.6 Å². The van der Waals surface area contributed by atoms with Crippen LogP contribution in [0.5, 0.6) is 0 Å². The highest BCUT2D eigenvalue weighted by atomic mass is 16.2. The van der Waals surface area contributed by atoms with Crippen LogP contribution < -0.4 is 26.2 Å². The minimum Gasteiger partial charge on any atom is -0.368 e. The zero-order valence-electron chi connectivity index (χ0n) is 24.5. The summed E-state index contributed by atoms with van der Waals surface area (Å²) >= 11 is 0. The lowest BCUT2D eigenvalue weighted by atomic mass is 10.0. The normalized spacial score (nSPS) is 18.7. The standard InChI is InChI=1S/C32H38N8O3/c1-21(41)38-15-17-39(18-16-38)27-12-10-25(11-13-27)35-31-29(30(33)42)34-19-28(37-31)40-14-2-3-26(20-40)36-32(43)24-8-6-23(7-9-24)22-4-5-22/h6-13,19,22,26H,2-5,14-18,20H2,1H3,(H2,33,42)(H,35,37)(H,36,43)/t26-/m1/s1. The molecule has 0 spiro atoms. The van der Waals surface area contributed by atoms with Crippen molar-refractivity contribution >= 4 is 40.7 Å². The monoisotopic (exact) mass is 582 g/mol. The van der Waals surface area contributed by atoms with Crippen LogP contribution in [-0.2, 0) is 4.79 Å². The lowest BCUT2D eigenvalue weighted by Gasteiger charge is -2.35. The Morgan fingerprint density at radius 2 is 1.60 bits per heavy atom. The number of nitrogens with zero attached hydrogens (tertiary/aromatic N) is 5. The van der Waals surface area contributed by atoms with Gasteiger partial charge in [-0.25, -0.2) is 9.97 Å². The third-order valence-electron chi connectivity index (χ3n) is 8.52. The first-order valence-corrected chi connectivity index (χ1v) is 15.0. The Morgan fingerprint density at radius 3 is 2.26 bits per heavy atom. The quantitative estimate of drug-likeness (QED) is 0.368. The molecule has 3 amide bonds. The van der Waals surface area contributed by atoms with Crippen molar-refractivity contribution in [2.75, 3.05) is 54.4 Å². The van der Waals surface area contributed by atoms with Crippen LogP contribution >= 0.6 is 0 Å². The first-order chi connectivity index (χ1) is 20.8. The summed E-state index contributed by atoms with van der Waals surface area (Å²) in [6.45, 7) is 5.90. The van der Waals surface area contributed by atoms with Gasteiger partial charge in [-0.3, -0.25) is 14.4 Å². The number of carbonyl (C=O) groups excluding carboxylic acids is 3. The van der Waals surface area contributed by atoms with E-state index >= 15 is 0 Å². The highest BCUT2D eigenvalue weighted by Crippen LogP contribution is 2.39. The maximum absolute atomic E-state index is 13.0. The van der Waals surface area contributed by atoms with E-state index < -0.39 is 5.91 Å². The molecule has 0 unspecified atom stereocenters. The molecule has 3 heterocycles. The predicted octanol–water partition coefficient (Wildman–Crippen LogP) is 3.26. The van der Waals surface area contributed by atoms with E-state index in [4.69, 9.17) is 10.7 Å². The van der Waals surface area contributed by atoms with Gasteiger partial charge in [0.15, 0.2) is 11.5 Å². The third kappa shape index (κ3) is 6.71. The van der Waals surface area contributed by atoms with Gasteiger partial charge in [0.25, 0.3) is 11.8 Å². The Bertz CT molecular complexity index is 1480. The van der Waals surface area contributed by atoms with Crippen LogP contribution in [0.2, 0.25) is 0 Å². The number of benzene rings is 2. The summed E-state index contributed by atoms with van der Waals surface area (Å²) in [6, 6.07) is 15.8. The molecule has 11 heteroatoms. The van der Waals surface area contributed by atoms with Gasteiger partial charge >= 0.3 is 0 Å². The van der Waals surface area contributed by atoms with Gasteiger partial charge in [0.1, 0.15) is 5.82 Å². The number of anilines is 4. The predicted molar refractivity (Wildman–Crippen MR) is 166 cm³/mol. The Labute approximate surface area is 251 Å². The average molecular weight is 583 g/mol. The molecule has 2 saturated heterocycles. The van der Waals surface area contributed by atoms with E-state index in [9.17, 15) is 14.4 Å². The van der Waals surface area contributed by atoms with Crippen LogP contribution in [0, 0.1) is 0 Å². The number of amides is 3. The number of rotatable bonds is 8. The molecule has 3 aliphatic rings. The molecule has 4 N–H and O–H groups in total. The number of nitrogens with two attached hydrogens (primary N) is 1. The van der Waals surface area contributed by atoms with Gasteiger partial charge < -0.3 is 31.1 Å². The molecule has 11 nitrogen and oxygen atoms in total. The van der Waals surface area contributed by atoms with Gasteiger partial charge in [-0.1, -0.05) is 12.1 Å². The molecule has 3 aromatic rings. The molecule has 1 atom stereocenters. The minimum absolute atomic E-state index is 0.0387. The fourth-order valence-electron chi connectivity index (χ4n) is 5.87. The third-order valence-corrected chi connectivity index (χ3v) is 8.52. The summed E-state index contributed by atoms with van der Waals surface area (Å²) in [5.41, 5.74) is 9.48. The molecule has 1 saturated carbocycles. The van der Waals surface area contributed by atoms with E-state index in [0.29, 0.717) is 36.9 Å². The Hall–Kier alpha value is -4.67. The Kier molecular flexibility index (Phi) is 8.13. The van der Waals surface area contributed by atoms with Crippen LogP contribution in [0.1, 0.15) is 64.9 Å². The van der Waals surface area contributed by atoms with Gasteiger partial charge in [-0.15, -0.1) is 0 Å². The fraction of sp³-hybridized carbons (Fsp3) is 0.406. The van der Waals surface area contributed by atoms with Gasteiger partial charge in [0, 0.05) is 69.2 Å². The van der Waals surface area contributed by atoms with Crippen molar-refractivity contribution in [3.05, 3.63) is 71.5 Å². The summed E-state index contributed by atoms with van der Waals surface area (Å²) in [5, 5.41) is 6.41. The lowest BCUT2D eigenvalue weighted by Crippen LogP contribution is -2.48. The molecule has 1 aliphatic carbocycles.